The number of ether oxygens (including phenoxy) is 1. The van der Waals surface area contributed by atoms with Crippen molar-refractivity contribution in [2.75, 3.05) is 29.0 Å². The van der Waals surface area contributed by atoms with Crippen LogP contribution in [0.4, 0.5) is 11.4 Å². The van der Waals surface area contributed by atoms with Crippen molar-refractivity contribution in [3.8, 4) is 5.75 Å². The van der Waals surface area contributed by atoms with E-state index in [1.807, 2.05) is 0 Å². The quantitative estimate of drug-likeness (QED) is 0.283. The molecular formula is C25H24Cl2N4O5S. The van der Waals surface area contributed by atoms with Crippen LogP contribution in [0.25, 0.3) is 0 Å². The molecule has 0 radical (unpaired) electrons. The predicted molar refractivity (Wildman–Crippen MR) is 146 cm³/mol. The average Bonchev–Trinajstić information content (AvgIpc) is 2.83. The second kappa shape index (κ2) is 12.6. The topological polar surface area (TPSA) is 117 Å². The van der Waals surface area contributed by atoms with Crippen LogP contribution < -0.4 is 19.8 Å². The van der Waals surface area contributed by atoms with Crippen LogP contribution in [0.3, 0.4) is 0 Å². The molecule has 3 aromatic rings. The molecular weight excluding hydrogens is 539 g/mol. The first-order chi connectivity index (χ1) is 17.5. The number of hydrazone groups is 1. The van der Waals surface area contributed by atoms with Crippen molar-refractivity contribution in [3.63, 3.8) is 0 Å². The third kappa shape index (κ3) is 8.78. The zero-order valence-electron chi connectivity index (χ0n) is 19.9. The van der Waals surface area contributed by atoms with Gasteiger partial charge in [0.15, 0.2) is 6.61 Å². The molecule has 3 aromatic carbocycles. The minimum absolute atomic E-state index is 0.195. The Kier molecular flexibility index (Phi) is 9.51. The molecule has 0 aliphatic carbocycles. The zero-order chi connectivity index (χ0) is 27.0. The highest BCUT2D eigenvalue weighted by Crippen LogP contribution is 2.26. The lowest BCUT2D eigenvalue weighted by atomic mass is 10.2. The number of hydrogen-bond acceptors (Lipinski definition) is 6. The Morgan fingerprint density at radius 2 is 1.70 bits per heavy atom. The molecule has 194 valence electrons. The van der Waals surface area contributed by atoms with Gasteiger partial charge in [-0.05, 0) is 72.6 Å². The third-order valence-corrected chi connectivity index (χ3v) is 6.49. The molecule has 0 bridgehead atoms. The molecule has 0 saturated heterocycles. The van der Waals surface area contributed by atoms with Crippen LogP contribution in [0, 0.1) is 6.92 Å². The van der Waals surface area contributed by atoms with Crippen molar-refractivity contribution in [3.05, 3.63) is 87.9 Å². The number of carbonyl (C=O) groups excluding carboxylic acids is 2. The monoisotopic (exact) mass is 562 g/mol. The van der Waals surface area contributed by atoms with Crippen LogP contribution in [0.5, 0.6) is 5.75 Å². The maximum Gasteiger partial charge on any atom is 0.262 e. The summed E-state index contributed by atoms with van der Waals surface area (Å²) in [5.41, 5.74) is 4.48. The summed E-state index contributed by atoms with van der Waals surface area (Å²) >= 11 is 11.9. The van der Waals surface area contributed by atoms with Gasteiger partial charge in [-0.1, -0.05) is 35.3 Å². The largest absolute Gasteiger partial charge is 0.484 e. The number of sulfonamides is 1. The molecule has 0 heterocycles. The summed E-state index contributed by atoms with van der Waals surface area (Å²) in [7, 11) is -3.75. The molecule has 3 rings (SSSR count). The number of anilines is 2. The lowest BCUT2D eigenvalue weighted by Crippen LogP contribution is -2.39. The molecule has 0 saturated carbocycles. The van der Waals surface area contributed by atoms with Crippen molar-refractivity contribution in [2.24, 2.45) is 5.10 Å². The van der Waals surface area contributed by atoms with Crippen molar-refractivity contribution in [2.45, 2.75) is 6.92 Å². The van der Waals surface area contributed by atoms with E-state index in [9.17, 15) is 18.0 Å². The molecule has 37 heavy (non-hydrogen) atoms. The van der Waals surface area contributed by atoms with Gasteiger partial charge >= 0.3 is 0 Å². The van der Waals surface area contributed by atoms with Crippen LogP contribution in [0.15, 0.2) is 71.8 Å². The van der Waals surface area contributed by atoms with E-state index in [1.54, 1.807) is 67.6 Å². The van der Waals surface area contributed by atoms with Crippen molar-refractivity contribution < 1.29 is 22.7 Å². The van der Waals surface area contributed by atoms with E-state index in [2.05, 4.69) is 15.8 Å². The Balaban J connectivity index is 1.52. The van der Waals surface area contributed by atoms with E-state index in [1.165, 1.54) is 12.3 Å². The Hall–Kier alpha value is -3.60. The Labute approximate surface area is 225 Å². The van der Waals surface area contributed by atoms with Gasteiger partial charge < -0.3 is 10.1 Å². The molecule has 2 N–H and O–H groups in total. The molecule has 0 aliphatic rings. The lowest BCUT2D eigenvalue weighted by Gasteiger charge is -2.23. The van der Waals surface area contributed by atoms with Crippen LogP contribution in [-0.2, 0) is 19.6 Å². The zero-order valence-corrected chi connectivity index (χ0v) is 22.3. The molecule has 0 unspecified atom stereocenters. The van der Waals surface area contributed by atoms with Gasteiger partial charge in [0.2, 0.25) is 10.0 Å². The summed E-state index contributed by atoms with van der Waals surface area (Å²) in [4.78, 5) is 24.4. The van der Waals surface area contributed by atoms with Crippen LogP contribution in [0.1, 0.15) is 11.1 Å². The second-order valence-electron chi connectivity index (χ2n) is 7.91. The highest BCUT2D eigenvalue weighted by Gasteiger charge is 2.22. The molecule has 0 atom stereocenters. The number of carbonyl (C=O) groups is 2. The van der Waals surface area contributed by atoms with E-state index in [4.69, 9.17) is 27.9 Å². The maximum absolute atomic E-state index is 12.4. The summed E-state index contributed by atoms with van der Waals surface area (Å²) in [6.07, 6.45) is 2.40. The fourth-order valence-corrected chi connectivity index (χ4v) is 4.40. The standard InChI is InChI=1S/C25H24Cl2N4O5S/c1-17-6-9-20(27)13-23(17)31(37(2,34)35)15-24(32)30-28-14-18-7-10-22(11-8-18)36-16-25(33)29-21-5-3-4-19(26)12-21/h3-14H,15-16H2,1-2H3,(H,29,33)(H,30,32)/b28-14-. The van der Waals surface area contributed by atoms with Gasteiger partial charge in [0, 0.05) is 15.7 Å². The van der Waals surface area contributed by atoms with Gasteiger partial charge in [0.25, 0.3) is 11.8 Å². The van der Waals surface area contributed by atoms with E-state index >= 15 is 0 Å². The number of aryl methyl sites for hydroxylation is 1. The van der Waals surface area contributed by atoms with E-state index in [0.717, 1.165) is 10.6 Å². The van der Waals surface area contributed by atoms with E-state index in [-0.39, 0.29) is 12.5 Å². The summed E-state index contributed by atoms with van der Waals surface area (Å²) in [6.45, 7) is 1.05. The van der Waals surface area contributed by atoms with Crippen molar-refractivity contribution in [1.82, 2.24) is 5.43 Å². The summed E-state index contributed by atoms with van der Waals surface area (Å²) in [6, 6.07) is 18.2. The fourth-order valence-electron chi connectivity index (χ4n) is 3.14. The normalized spacial score (nSPS) is 11.2. The second-order valence-corrected chi connectivity index (χ2v) is 10.7. The number of nitrogens with zero attached hydrogens (tertiary/aromatic N) is 2. The number of amides is 2. The van der Waals surface area contributed by atoms with Gasteiger partial charge in [-0.15, -0.1) is 0 Å². The maximum atomic E-state index is 12.4. The fraction of sp³-hybridized carbons (Fsp3) is 0.160. The molecule has 0 aromatic heterocycles. The number of rotatable bonds is 10. The van der Waals surface area contributed by atoms with Gasteiger partial charge in [-0.2, -0.15) is 5.10 Å². The van der Waals surface area contributed by atoms with Gasteiger partial charge in [0.05, 0.1) is 18.2 Å². The summed E-state index contributed by atoms with van der Waals surface area (Å²) in [5.74, 6) is -0.512. The number of nitrogens with one attached hydrogen (secondary N) is 2. The highest BCUT2D eigenvalue weighted by molar-refractivity contribution is 7.92. The molecule has 0 fully saturated rings. The average molecular weight is 563 g/mol. The van der Waals surface area contributed by atoms with Crippen LogP contribution in [-0.4, -0.2) is 45.9 Å². The lowest BCUT2D eigenvalue weighted by molar-refractivity contribution is -0.119. The van der Waals surface area contributed by atoms with Gasteiger partial charge in [-0.25, -0.2) is 13.8 Å². The minimum Gasteiger partial charge on any atom is -0.484 e. The molecule has 12 heteroatoms. The minimum atomic E-state index is -3.75. The molecule has 0 spiro atoms. The number of halogens is 2. The van der Waals surface area contributed by atoms with Gasteiger partial charge in [-0.3, -0.25) is 13.9 Å². The van der Waals surface area contributed by atoms with Crippen LogP contribution in [0.2, 0.25) is 10.0 Å². The Morgan fingerprint density at radius 1 is 1.00 bits per heavy atom. The van der Waals surface area contributed by atoms with Gasteiger partial charge in [0.1, 0.15) is 12.3 Å². The Morgan fingerprint density at radius 3 is 2.38 bits per heavy atom. The predicted octanol–water partition coefficient (Wildman–Crippen LogP) is 4.24. The highest BCUT2D eigenvalue weighted by atomic mass is 35.5. The van der Waals surface area contributed by atoms with Crippen molar-refractivity contribution in [1.29, 1.82) is 0 Å². The Bertz CT molecular complexity index is 1410. The smallest absolute Gasteiger partial charge is 0.262 e. The number of hydrogen-bond donors (Lipinski definition) is 2. The van der Waals surface area contributed by atoms with E-state index in [0.29, 0.717) is 38.3 Å². The molecule has 0 aliphatic heterocycles. The summed E-state index contributed by atoms with van der Waals surface area (Å²) in [5, 5.41) is 7.42. The first-order valence-electron chi connectivity index (χ1n) is 10.9. The molecule has 9 nitrogen and oxygen atoms in total. The number of benzene rings is 3. The summed E-state index contributed by atoms with van der Waals surface area (Å²) < 4.78 is 31.0. The third-order valence-electron chi connectivity index (χ3n) is 4.89. The first-order valence-corrected chi connectivity index (χ1v) is 13.5. The van der Waals surface area contributed by atoms with Crippen LogP contribution >= 0.6 is 23.2 Å². The SMILES string of the molecule is Cc1ccc(Cl)cc1N(CC(=O)N/N=C\c1ccc(OCC(=O)Nc2cccc(Cl)c2)cc1)S(C)(=O)=O. The van der Waals surface area contributed by atoms with E-state index < -0.39 is 22.5 Å². The van der Waals surface area contributed by atoms with Crippen molar-refractivity contribution >= 4 is 62.6 Å². The molecule has 2 amide bonds. The first kappa shape index (κ1) is 28.0.